The second kappa shape index (κ2) is 5.45. The molecule has 1 unspecified atom stereocenters. The van der Waals surface area contributed by atoms with E-state index >= 15 is 0 Å². The van der Waals surface area contributed by atoms with E-state index in [1.165, 1.54) is 17.2 Å². The van der Waals surface area contributed by atoms with Crippen LogP contribution in [0.15, 0.2) is 36.4 Å². The van der Waals surface area contributed by atoms with Gasteiger partial charge in [-0.15, -0.1) is 0 Å². The zero-order chi connectivity index (χ0) is 14.9. The topological polar surface area (TPSA) is 43.7 Å². The lowest BCUT2D eigenvalue weighted by Crippen LogP contribution is -2.22. The van der Waals surface area contributed by atoms with E-state index in [-0.39, 0.29) is 17.5 Å². The molecule has 0 amide bonds. The van der Waals surface area contributed by atoms with Crippen molar-refractivity contribution in [1.29, 1.82) is 0 Å². The first-order valence-corrected chi connectivity index (χ1v) is 6.71. The van der Waals surface area contributed by atoms with Gasteiger partial charge in [0.25, 0.3) is 0 Å². The third-order valence-corrected chi connectivity index (χ3v) is 3.72. The van der Waals surface area contributed by atoms with E-state index in [2.05, 4.69) is 36.9 Å². The Labute approximate surface area is 120 Å². The van der Waals surface area contributed by atoms with Crippen molar-refractivity contribution in [1.82, 2.24) is 0 Å². The van der Waals surface area contributed by atoms with Crippen LogP contribution < -0.4 is 4.90 Å². The van der Waals surface area contributed by atoms with Crippen LogP contribution in [0.3, 0.4) is 0 Å². The predicted octanol–water partition coefficient (Wildman–Crippen LogP) is 3.91. The van der Waals surface area contributed by atoms with Crippen LogP contribution in [0.2, 0.25) is 0 Å². The highest BCUT2D eigenvalue weighted by molar-refractivity contribution is 5.55. The summed E-state index contributed by atoms with van der Waals surface area (Å²) < 4.78 is 0. The number of nitrogens with zero attached hydrogens (tertiary/aromatic N) is 1. The van der Waals surface area contributed by atoms with Gasteiger partial charge in [-0.25, -0.2) is 0 Å². The lowest BCUT2D eigenvalue weighted by molar-refractivity contribution is 0.448. The largest absolute Gasteiger partial charge is 0.508 e. The van der Waals surface area contributed by atoms with Gasteiger partial charge >= 0.3 is 0 Å². The van der Waals surface area contributed by atoms with Gasteiger partial charge in [0.15, 0.2) is 0 Å². The molecule has 3 heteroatoms. The lowest BCUT2D eigenvalue weighted by atomic mass is 10.0. The average molecular weight is 271 g/mol. The summed E-state index contributed by atoms with van der Waals surface area (Å²) in [5, 5.41) is 19.2. The van der Waals surface area contributed by atoms with E-state index in [0.29, 0.717) is 0 Å². The Balaban J connectivity index is 2.34. The standard InChI is InChI=1S/C17H21NO2/c1-11-5-6-17(12(2)7-11)18(4)13(3)14-8-15(19)10-16(20)9-14/h5-10,13,19-20H,1-4H3. The Morgan fingerprint density at radius 2 is 1.55 bits per heavy atom. The molecular formula is C17H21NO2. The van der Waals surface area contributed by atoms with E-state index in [9.17, 15) is 10.2 Å². The molecule has 0 aliphatic rings. The SMILES string of the molecule is Cc1ccc(N(C)C(C)c2cc(O)cc(O)c2)c(C)c1. The molecule has 0 bridgehead atoms. The number of phenolic OH excluding ortho intramolecular Hbond substituents is 2. The molecule has 2 aromatic rings. The number of anilines is 1. The maximum atomic E-state index is 9.61. The van der Waals surface area contributed by atoms with Crippen molar-refractivity contribution < 1.29 is 10.2 Å². The maximum Gasteiger partial charge on any atom is 0.119 e. The van der Waals surface area contributed by atoms with Crippen molar-refractivity contribution in [2.75, 3.05) is 11.9 Å². The van der Waals surface area contributed by atoms with E-state index in [1.807, 2.05) is 14.0 Å². The van der Waals surface area contributed by atoms with Gasteiger partial charge in [0.1, 0.15) is 11.5 Å². The highest BCUT2D eigenvalue weighted by Crippen LogP contribution is 2.31. The van der Waals surface area contributed by atoms with Crippen LogP contribution in [0, 0.1) is 13.8 Å². The minimum absolute atomic E-state index is 0.0504. The molecule has 2 rings (SSSR count). The van der Waals surface area contributed by atoms with Crippen LogP contribution in [-0.4, -0.2) is 17.3 Å². The van der Waals surface area contributed by atoms with Gasteiger partial charge < -0.3 is 15.1 Å². The summed E-state index contributed by atoms with van der Waals surface area (Å²) in [5.41, 5.74) is 4.47. The van der Waals surface area contributed by atoms with Crippen molar-refractivity contribution in [3.63, 3.8) is 0 Å². The molecule has 0 aromatic heterocycles. The molecule has 20 heavy (non-hydrogen) atoms. The number of rotatable bonds is 3. The van der Waals surface area contributed by atoms with Crippen LogP contribution in [0.4, 0.5) is 5.69 Å². The van der Waals surface area contributed by atoms with Crippen LogP contribution in [-0.2, 0) is 0 Å². The maximum absolute atomic E-state index is 9.61. The quantitative estimate of drug-likeness (QED) is 0.889. The third-order valence-electron chi connectivity index (χ3n) is 3.72. The van der Waals surface area contributed by atoms with E-state index in [4.69, 9.17) is 0 Å². The zero-order valence-electron chi connectivity index (χ0n) is 12.4. The summed E-state index contributed by atoms with van der Waals surface area (Å²) in [7, 11) is 2.02. The molecule has 0 aliphatic heterocycles. The molecule has 0 radical (unpaired) electrons. The number of aryl methyl sites for hydroxylation is 2. The minimum atomic E-state index is 0.0504. The number of phenols is 2. The molecule has 0 aliphatic carbocycles. The number of aromatic hydroxyl groups is 2. The van der Waals surface area contributed by atoms with Crippen molar-refractivity contribution in [3.8, 4) is 11.5 Å². The second-order valence-electron chi connectivity index (χ2n) is 5.36. The Morgan fingerprint density at radius 1 is 0.950 bits per heavy atom. The Bertz CT molecular complexity index is 602. The highest BCUT2D eigenvalue weighted by atomic mass is 16.3. The first kappa shape index (κ1) is 14.3. The zero-order valence-corrected chi connectivity index (χ0v) is 12.4. The Hall–Kier alpha value is -2.16. The Morgan fingerprint density at radius 3 is 2.10 bits per heavy atom. The van der Waals surface area contributed by atoms with Gasteiger partial charge in [-0.2, -0.15) is 0 Å². The molecular weight excluding hydrogens is 250 g/mol. The molecule has 0 spiro atoms. The monoisotopic (exact) mass is 271 g/mol. The summed E-state index contributed by atoms with van der Waals surface area (Å²) in [4.78, 5) is 2.14. The fourth-order valence-electron chi connectivity index (χ4n) is 2.49. The summed E-state index contributed by atoms with van der Waals surface area (Å²) in [5.74, 6) is 0.168. The van der Waals surface area contributed by atoms with Gasteiger partial charge in [-0.1, -0.05) is 17.7 Å². The smallest absolute Gasteiger partial charge is 0.119 e. The van der Waals surface area contributed by atoms with Gasteiger partial charge in [0, 0.05) is 18.8 Å². The van der Waals surface area contributed by atoms with E-state index in [0.717, 1.165) is 11.3 Å². The number of hydrogen-bond acceptors (Lipinski definition) is 3. The predicted molar refractivity (Wildman–Crippen MR) is 82.5 cm³/mol. The molecule has 0 fully saturated rings. The fraction of sp³-hybridized carbons (Fsp3) is 0.294. The lowest BCUT2D eigenvalue weighted by Gasteiger charge is -2.29. The fourth-order valence-corrected chi connectivity index (χ4v) is 2.49. The summed E-state index contributed by atoms with van der Waals surface area (Å²) in [6.07, 6.45) is 0. The summed E-state index contributed by atoms with van der Waals surface area (Å²) in [6, 6.07) is 11.1. The van der Waals surface area contributed by atoms with Gasteiger partial charge in [0.2, 0.25) is 0 Å². The molecule has 2 N–H and O–H groups in total. The third kappa shape index (κ3) is 2.87. The molecule has 0 saturated heterocycles. The minimum Gasteiger partial charge on any atom is -0.508 e. The molecule has 1 atom stereocenters. The molecule has 3 nitrogen and oxygen atoms in total. The number of hydrogen-bond donors (Lipinski definition) is 2. The van der Waals surface area contributed by atoms with Crippen molar-refractivity contribution in [2.45, 2.75) is 26.8 Å². The number of benzene rings is 2. The van der Waals surface area contributed by atoms with Crippen LogP contribution >= 0.6 is 0 Å². The second-order valence-corrected chi connectivity index (χ2v) is 5.36. The first-order valence-electron chi connectivity index (χ1n) is 6.71. The molecule has 2 aromatic carbocycles. The van der Waals surface area contributed by atoms with Crippen LogP contribution in [0.25, 0.3) is 0 Å². The average Bonchev–Trinajstić information content (AvgIpc) is 2.36. The van der Waals surface area contributed by atoms with Crippen LogP contribution in [0.1, 0.15) is 29.7 Å². The van der Waals surface area contributed by atoms with E-state index in [1.54, 1.807) is 12.1 Å². The molecule has 0 saturated carbocycles. The molecule has 0 heterocycles. The van der Waals surface area contributed by atoms with Gasteiger partial charge in [0.05, 0.1) is 6.04 Å². The highest BCUT2D eigenvalue weighted by Gasteiger charge is 2.15. The van der Waals surface area contributed by atoms with Crippen molar-refractivity contribution in [2.24, 2.45) is 0 Å². The summed E-state index contributed by atoms with van der Waals surface area (Å²) in [6.45, 7) is 6.21. The normalized spacial score (nSPS) is 12.2. The van der Waals surface area contributed by atoms with Crippen LogP contribution in [0.5, 0.6) is 11.5 Å². The van der Waals surface area contributed by atoms with Crippen molar-refractivity contribution in [3.05, 3.63) is 53.1 Å². The van der Waals surface area contributed by atoms with E-state index < -0.39 is 0 Å². The molecule has 106 valence electrons. The summed E-state index contributed by atoms with van der Waals surface area (Å²) >= 11 is 0. The Kier molecular flexibility index (Phi) is 3.89. The van der Waals surface area contributed by atoms with Gasteiger partial charge in [-0.3, -0.25) is 0 Å². The van der Waals surface area contributed by atoms with Crippen molar-refractivity contribution >= 4 is 5.69 Å². The van der Waals surface area contributed by atoms with Gasteiger partial charge in [-0.05, 0) is 50.1 Å². The first-order chi connectivity index (χ1) is 9.38.